The third-order valence-corrected chi connectivity index (χ3v) is 3.81. The molecule has 1 aromatic carbocycles. The van der Waals surface area contributed by atoms with E-state index in [-0.39, 0.29) is 24.3 Å². The number of fused-ring (bicyclic) bond motifs is 1. The number of carbonyl (C=O) groups is 2. The summed E-state index contributed by atoms with van der Waals surface area (Å²) < 4.78 is 10.0. The Hall–Kier alpha value is -3.15. The number of pyridine rings is 1. The predicted octanol–water partition coefficient (Wildman–Crippen LogP) is 3.18. The van der Waals surface area contributed by atoms with Gasteiger partial charge in [0, 0.05) is 11.4 Å². The molecule has 0 saturated heterocycles. The van der Waals surface area contributed by atoms with Crippen LogP contribution in [0.25, 0.3) is 22.4 Å². The van der Waals surface area contributed by atoms with Gasteiger partial charge in [-0.1, -0.05) is 18.2 Å². The van der Waals surface area contributed by atoms with Crippen LogP contribution in [0.1, 0.15) is 23.7 Å². The molecule has 1 N–H and O–H groups in total. The van der Waals surface area contributed by atoms with Crippen molar-refractivity contribution in [3.8, 4) is 11.5 Å². The van der Waals surface area contributed by atoms with Gasteiger partial charge in [-0.25, -0.2) is 4.98 Å². The molecule has 25 heavy (non-hydrogen) atoms. The van der Waals surface area contributed by atoms with E-state index < -0.39 is 0 Å². The van der Waals surface area contributed by atoms with Gasteiger partial charge in [0.15, 0.2) is 5.76 Å². The molecule has 6 nitrogen and oxygen atoms in total. The van der Waals surface area contributed by atoms with E-state index in [1.807, 2.05) is 24.3 Å². The summed E-state index contributed by atoms with van der Waals surface area (Å²) in [6.07, 6.45) is 1.67. The molecule has 2 heterocycles. The summed E-state index contributed by atoms with van der Waals surface area (Å²) in [6.45, 7) is 1.76. The Balaban J connectivity index is 1.96. The zero-order chi connectivity index (χ0) is 17.8. The number of hydrogen-bond donors (Lipinski definition) is 1. The van der Waals surface area contributed by atoms with Gasteiger partial charge >= 0.3 is 5.97 Å². The third-order valence-electron chi connectivity index (χ3n) is 3.81. The van der Waals surface area contributed by atoms with Gasteiger partial charge < -0.3 is 14.5 Å². The predicted molar refractivity (Wildman–Crippen MR) is 93.0 cm³/mol. The van der Waals surface area contributed by atoms with Crippen LogP contribution in [0.4, 0.5) is 0 Å². The highest BCUT2D eigenvalue weighted by atomic mass is 16.5. The Morgan fingerprint density at radius 3 is 2.76 bits per heavy atom. The van der Waals surface area contributed by atoms with Crippen LogP contribution < -0.4 is 5.32 Å². The summed E-state index contributed by atoms with van der Waals surface area (Å²) in [5, 5.41) is 3.56. The Kier molecular flexibility index (Phi) is 4.79. The van der Waals surface area contributed by atoms with Crippen LogP contribution in [0.5, 0.6) is 0 Å². The van der Waals surface area contributed by atoms with E-state index in [0.717, 1.165) is 5.39 Å². The topological polar surface area (TPSA) is 81.4 Å². The molecule has 3 aromatic rings. The minimum Gasteiger partial charge on any atom is -0.469 e. The number of amides is 1. The highest BCUT2D eigenvalue weighted by Crippen LogP contribution is 2.25. The smallest absolute Gasteiger partial charge is 0.307 e. The highest BCUT2D eigenvalue weighted by Gasteiger charge is 2.18. The Labute approximate surface area is 144 Å². The number of hydrogen-bond acceptors (Lipinski definition) is 5. The molecule has 0 spiro atoms. The summed E-state index contributed by atoms with van der Waals surface area (Å²) in [6, 6.07) is 12.3. The molecule has 2 aromatic heterocycles. The molecule has 0 radical (unpaired) electrons. The lowest BCUT2D eigenvalue weighted by Crippen LogP contribution is -2.34. The number of benzene rings is 1. The largest absolute Gasteiger partial charge is 0.469 e. The fourth-order valence-electron chi connectivity index (χ4n) is 2.60. The average Bonchev–Trinajstić information content (AvgIpc) is 3.15. The van der Waals surface area contributed by atoms with Gasteiger partial charge in [-0.15, -0.1) is 0 Å². The number of carbonyl (C=O) groups excluding carboxylic acids is 2. The van der Waals surface area contributed by atoms with E-state index in [0.29, 0.717) is 22.5 Å². The van der Waals surface area contributed by atoms with Crippen molar-refractivity contribution in [3.63, 3.8) is 0 Å². The molecular formula is C19H18N2O4. The second-order valence-corrected chi connectivity index (χ2v) is 5.70. The molecule has 1 amide bonds. The van der Waals surface area contributed by atoms with E-state index >= 15 is 0 Å². The summed E-state index contributed by atoms with van der Waals surface area (Å²) in [4.78, 5) is 28.7. The molecule has 1 atom stereocenters. The lowest BCUT2D eigenvalue weighted by Gasteiger charge is -2.14. The Bertz CT molecular complexity index is 903. The molecule has 0 aliphatic carbocycles. The van der Waals surface area contributed by atoms with E-state index in [9.17, 15) is 9.59 Å². The summed E-state index contributed by atoms with van der Waals surface area (Å²) in [5.41, 5.74) is 1.75. The number of esters is 1. The second kappa shape index (κ2) is 7.17. The van der Waals surface area contributed by atoms with Crippen molar-refractivity contribution >= 4 is 22.8 Å². The first-order chi connectivity index (χ1) is 12.1. The van der Waals surface area contributed by atoms with Gasteiger partial charge in [0.1, 0.15) is 5.69 Å². The molecule has 6 heteroatoms. The molecule has 0 saturated carbocycles. The van der Waals surface area contributed by atoms with Crippen LogP contribution in [-0.4, -0.2) is 30.0 Å². The minimum atomic E-state index is -0.372. The summed E-state index contributed by atoms with van der Waals surface area (Å²) in [7, 11) is 1.32. The van der Waals surface area contributed by atoms with Crippen LogP contribution >= 0.6 is 0 Å². The van der Waals surface area contributed by atoms with Gasteiger partial charge in [0.2, 0.25) is 0 Å². The Morgan fingerprint density at radius 1 is 1.24 bits per heavy atom. The molecular weight excluding hydrogens is 320 g/mol. The lowest BCUT2D eigenvalue weighted by molar-refractivity contribution is -0.141. The standard InChI is InChI=1S/C19H18N2O4/c1-12(10-18(22)24-2)20-19(23)14-11-16(17-8-5-9-25-17)21-15-7-4-3-6-13(14)15/h3-9,11-12H,10H2,1-2H3,(H,20,23). The molecule has 1 unspecified atom stereocenters. The van der Waals surface area contributed by atoms with Crippen LogP contribution in [-0.2, 0) is 9.53 Å². The second-order valence-electron chi connectivity index (χ2n) is 5.70. The quantitative estimate of drug-likeness (QED) is 0.723. The molecule has 0 bridgehead atoms. The SMILES string of the molecule is COC(=O)CC(C)NC(=O)c1cc(-c2ccco2)nc2ccccc12. The third kappa shape index (κ3) is 3.68. The molecule has 0 aliphatic rings. The molecule has 3 rings (SSSR count). The fourth-order valence-corrected chi connectivity index (χ4v) is 2.60. The first kappa shape index (κ1) is 16.7. The number of nitrogens with zero attached hydrogens (tertiary/aromatic N) is 1. The van der Waals surface area contributed by atoms with Gasteiger partial charge in [-0.2, -0.15) is 0 Å². The van der Waals surface area contributed by atoms with Crippen molar-refractivity contribution in [3.05, 3.63) is 54.3 Å². The van der Waals surface area contributed by atoms with Crippen molar-refractivity contribution in [2.75, 3.05) is 7.11 Å². The lowest BCUT2D eigenvalue weighted by atomic mass is 10.1. The molecule has 0 aliphatic heterocycles. The van der Waals surface area contributed by atoms with Crippen molar-refractivity contribution in [1.82, 2.24) is 10.3 Å². The first-order valence-corrected chi connectivity index (χ1v) is 7.90. The number of nitrogens with one attached hydrogen (secondary N) is 1. The van der Waals surface area contributed by atoms with Crippen molar-refractivity contribution in [1.29, 1.82) is 0 Å². The number of methoxy groups -OCH3 is 1. The monoisotopic (exact) mass is 338 g/mol. The van der Waals surface area contributed by atoms with Crippen molar-refractivity contribution in [2.24, 2.45) is 0 Å². The molecule has 128 valence electrons. The number of aromatic nitrogens is 1. The number of furan rings is 1. The van der Waals surface area contributed by atoms with E-state index in [2.05, 4.69) is 15.0 Å². The number of para-hydroxylation sites is 1. The molecule has 0 fully saturated rings. The van der Waals surface area contributed by atoms with Crippen LogP contribution in [0.2, 0.25) is 0 Å². The highest BCUT2D eigenvalue weighted by molar-refractivity contribution is 6.07. The van der Waals surface area contributed by atoms with E-state index in [1.165, 1.54) is 7.11 Å². The maximum Gasteiger partial charge on any atom is 0.307 e. The summed E-state index contributed by atoms with van der Waals surface area (Å²) >= 11 is 0. The minimum absolute atomic E-state index is 0.107. The zero-order valence-electron chi connectivity index (χ0n) is 14.0. The van der Waals surface area contributed by atoms with E-state index in [4.69, 9.17) is 4.42 Å². The van der Waals surface area contributed by atoms with Crippen molar-refractivity contribution in [2.45, 2.75) is 19.4 Å². The van der Waals surface area contributed by atoms with E-state index in [1.54, 1.807) is 31.4 Å². The average molecular weight is 338 g/mol. The van der Waals surface area contributed by atoms with Gasteiger partial charge in [0.05, 0.1) is 30.9 Å². The Morgan fingerprint density at radius 2 is 2.04 bits per heavy atom. The van der Waals surface area contributed by atoms with Gasteiger partial charge in [-0.05, 0) is 31.2 Å². The fraction of sp³-hybridized carbons (Fsp3) is 0.211. The van der Waals surface area contributed by atoms with Crippen LogP contribution in [0.3, 0.4) is 0 Å². The van der Waals surface area contributed by atoms with Gasteiger partial charge in [0.25, 0.3) is 5.91 Å². The number of rotatable bonds is 5. The van der Waals surface area contributed by atoms with Crippen LogP contribution in [0.15, 0.2) is 53.1 Å². The van der Waals surface area contributed by atoms with Crippen molar-refractivity contribution < 1.29 is 18.7 Å². The maximum atomic E-state index is 12.7. The maximum absolute atomic E-state index is 12.7. The normalized spacial score (nSPS) is 11.9. The van der Waals surface area contributed by atoms with Gasteiger partial charge in [-0.3, -0.25) is 9.59 Å². The first-order valence-electron chi connectivity index (χ1n) is 7.90. The number of ether oxygens (including phenoxy) is 1. The van der Waals surface area contributed by atoms with Crippen LogP contribution in [0, 0.1) is 0 Å². The zero-order valence-corrected chi connectivity index (χ0v) is 14.0. The summed E-state index contributed by atoms with van der Waals surface area (Å²) in [5.74, 6) is -0.0612.